The maximum Gasteiger partial charge on any atom is 0.204 e. The number of hydrogen-bond acceptors (Lipinski definition) is 7. The summed E-state index contributed by atoms with van der Waals surface area (Å²) in [5, 5.41) is 20.6. The molecule has 44 heavy (non-hydrogen) atoms. The second-order valence-corrected chi connectivity index (χ2v) is 10.9. The lowest BCUT2D eigenvalue weighted by atomic mass is 9.79. The molecular formula is C37H21N3O4. The zero-order valence-corrected chi connectivity index (χ0v) is 23.4. The number of allylic oxidation sites excluding steroid dienone is 2. The fourth-order valence-electron chi connectivity index (χ4n) is 6.60. The number of ketones is 4. The van der Waals surface area contributed by atoms with Crippen molar-refractivity contribution in [2.75, 3.05) is 4.90 Å². The number of anilines is 1. The van der Waals surface area contributed by atoms with Crippen LogP contribution in [0, 0.1) is 29.6 Å². The Morgan fingerprint density at radius 3 is 1.27 bits per heavy atom. The van der Waals surface area contributed by atoms with Crippen LogP contribution in [0.4, 0.5) is 5.69 Å². The number of benzene rings is 4. The summed E-state index contributed by atoms with van der Waals surface area (Å²) in [5.74, 6) is -2.06. The van der Waals surface area contributed by atoms with Crippen molar-refractivity contribution in [2.24, 2.45) is 0 Å². The van der Waals surface area contributed by atoms with E-state index in [0.29, 0.717) is 16.8 Å². The fourth-order valence-corrected chi connectivity index (χ4v) is 6.60. The number of Topliss-reactive ketones (excluding diaryl/α,β-unsaturated/α-hetero) is 4. The molecule has 3 aliphatic rings. The van der Waals surface area contributed by atoms with Gasteiger partial charge in [0.2, 0.25) is 11.6 Å². The number of nitriles is 2. The van der Waals surface area contributed by atoms with Crippen LogP contribution in [0.15, 0.2) is 119 Å². The third kappa shape index (κ3) is 3.67. The van der Waals surface area contributed by atoms with Crippen LogP contribution in [0.25, 0.3) is 0 Å². The predicted octanol–water partition coefficient (Wildman–Crippen LogP) is 6.40. The summed E-state index contributed by atoms with van der Waals surface area (Å²) in [6, 6.07) is 29.4. The number of hydrogen-bond donors (Lipinski definition) is 0. The van der Waals surface area contributed by atoms with Gasteiger partial charge in [-0.25, -0.2) is 0 Å². The van der Waals surface area contributed by atoms with Gasteiger partial charge in [-0.05, 0) is 30.2 Å². The number of rotatable bonds is 3. The van der Waals surface area contributed by atoms with Gasteiger partial charge in [0, 0.05) is 39.1 Å². The first kappa shape index (κ1) is 26.7. The smallest absolute Gasteiger partial charge is 0.204 e. The minimum absolute atomic E-state index is 0.0131. The molecule has 7 rings (SSSR count). The first-order valence-corrected chi connectivity index (χ1v) is 14.0. The van der Waals surface area contributed by atoms with E-state index in [2.05, 4.69) is 0 Å². The maximum atomic E-state index is 14.3. The van der Waals surface area contributed by atoms with Gasteiger partial charge < -0.3 is 4.90 Å². The normalized spacial score (nSPS) is 18.9. The van der Waals surface area contributed by atoms with Gasteiger partial charge in [0.1, 0.15) is 23.3 Å². The third-order valence-electron chi connectivity index (χ3n) is 8.56. The zero-order valence-electron chi connectivity index (χ0n) is 23.4. The first-order valence-electron chi connectivity index (χ1n) is 14.0. The SMILES string of the molecule is Cc1ccc(N2C(C3=C(C#N)C(=O)c4ccccc4C3=O)c3ccccc3C2C2=C(C#N)C(=O)c3ccccc3C2=O)cc1. The first-order chi connectivity index (χ1) is 21.4. The summed E-state index contributed by atoms with van der Waals surface area (Å²) < 4.78 is 0. The predicted molar refractivity (Wildman–Crippen MR) is 161 cm³/mol. The molecule has 4 aromatic rings. The average molecular weight is 572 g/mol. The Hall–Kier alpha value is -6.18. The van der Waals surface area contributed by atoms with Crippen molar-refractivity contribution in [1.29, 1.82) is 10.5 Å². The van der Waals surface area contributed by atoms with E-state index in [0.717, 1.165) is 5.56 Å². The molecule has 0 radical (unpaired) electrons. The van der Waals surface area contributed by atoms with E-state index >= 15 is 0 Å². The van der Waals surface area contributed by atoms with Gasteiger partial charge in [-0.1, -0.05) is 90.5 Å². The summed E-state index contributed by atoms with van der Waals surface area (Å²) in [4.78, 5) is 57.7. The highest BCUT2D eigenvalue weighted by Crippen LogP contribution is 2.54. The minimum atomic E-state index is -0.981. The van der Waals surface area contributed by atoms with Crippen molar-refractivity contribution in [1.82, 2.24) is 0 Å². The summed E-state index contributed by atoms with van der Waals surface area (Å²) in [6.07, 6.45) is 0. The molecule has 7 heteroatoms. The van der Waals surface area contributed by atoms with Crippen LogP contribution in [-0.2, 0) is 0 Å². The minimum Gasteiger partial charge on any atom is -0.349 e. The molecule has 2 unspecified atom stereocenters. The maximum absolute atomic E-state index is 14.3. The second kappa shape index (κ2) is 9.97. The molecule has 2 aliphatic carbocycles. The molecule has 7 nitrogen and oxygen atoms in total. The molecular weight excluding hydrogens is 550 g/mol. The van der Waals surface area contributed by atoms with E-state index in [4.69, 9.17) is 0 Å². The average Bonchev–Trinajstić information content (AvgIpc) is 3.38. The topological polar surface area (TPSA) is 119 Å². The summed E-state index contributed by atoms with van der Waals surface area (Å²) in [5.41, 5.74) is 2.81. The second-order valence-electron chi connectivity index (χ2n) is 10.9. The third-order valence-corrected chi connectivity index (χ3v) is 8.56. The van der Waals surface area contributed by atoms with Gasteiger partial charge in [-0.15, -0.1) is 0 Å². The van der Waals surface area contributed by atoms with Crippen molar-refractivity contribution in [2.45, 2.75) is 19.0 Å². The highest BCUT2D eigenvalue weighted by atomic mass is 16.1. The summed E-state index contributed by atoms with van der Waals surface area (Å²) in [7, 11) is 0. The van der Waals surface area contributed by atoms with Gasteiger partial charge in [0.25, 0.3) is 0 Å². The fraction of sp³-hybridized carbons (Fsp3) is 0.0811. The van der Waals surface area contributed by atoms with E-state index < -0.39 is 35.2 Å². The lowest BCUT2D eigenvalue weighted by Crippen LogP contribution is -2.36. The van der Waals surface area contributed by atoms with Crippen molar-refractivity contribution < 1.29 is 19.2 Å². The van der Waals surface area contributed by atoms with Crippen LogP contribution >= 0.6 is 0 Å². The molecule has 0 spiro atoms. The molecule has 1 aliphatic heterocycles. The van der Waals surface area contributed by atoms with Crippen LogP contribution in [0.2, 0.25) is 0 Å². The Balaban J connectivity index is 1.55. The molecule has 0 N–H and O–H groups in total. The van der Waals surface area contributed by atoms with Gasteiger partial charge >= 0.3 is 0 Å². The van der Waals surface area contributed by atoms with Crippen molar-refractivity contribution >= 4 is 28.8 Å². The van der Waals surface area contributed by atoms with Crippen LogP contribution in [0.1, 0.15) is 70.2 Å². The Labute approximate surface area is 252 Å². The van der Waals surface area contributed by atoms with Crippen molar-refractivity contribution in [3.8, 4) is 12.1 Å². The number of carbonyl (C=O) groups excluding carboxylic acids is 4. The van der Waals surface area contributed by atoms with Crippen LogP contribution in [0.3, 0.4) is 0 Å². The van der Waals surface area contributed by atoms with Crippen molar-refractivity contribution in [3.63, 3.8) is 0 Å². The molecule has 2 atom stereocenters. The van der Waals surface area contributed by atoms with E-state index in [1.165, 1.54) is 12.1 Å². The van der Waals surface area contributed by atoms with Crippen LogP contribution < -0.4 is 4.90 Å². The van der Waals surface area contributed by atoms with Gasteiger partial charge in [-0.2, -0.15) is 10.5 Å². The Kier molecular flexibility index (Phi) is 6.05. The highest BCUT2D eigenvalue weighted by Gasteiger charge is 2.50. The lowest BCUT2D eigenvalue weighted by Gasteiger charge is -2.37. The van der Waals surface area contributed by atoms with E-state index in [9.17, 15) is 29.7 Å². The number of carbonyl (C=O) groups is 4. The molecule has 0 aromatic heterocycles. The quantitative estimate of drug-likeness (QED) is 0.279. The van der Waals surface area contributed by atoms with Crippen LogP contribution in [0.5, 0.6) is 0 Å². The number of fused-ring (bicyclic) bond motifs is 3. The molecule has 0 bridgehead atoms. The molecule has 0 saturated heterocycles. The Morgan fingerprint density at radius 2 is 0.886 bits per heavy atom. The van der Waals surface area contributed by atoms with E-state index in [-0.39, 0.29) is 44.5 Å². The van der Waals surface area contributed by atoms with E-state index in [1.807, 2.05) is 43.3 Å². The lowest BCUT2D eigenvalue weighted by molar-refractivity contribution is 0.0969. The summed E-state index contributed by atoms with van der Waals surface area (Å²) >= 11 is 0. The Morgan fingerprint density at radius 1 is 0.523 bits per heavy atom. The van der Waals surface area contributed by atoms with Gasteiger partial charge in [-0.3, -0.25) is 19.2 Å². The van der Waals surface area contributed by atoms with Crippen molar-refractivity contribution in [3.05, 3.63) is 158 Å². The molecule has 4 aromatic carbocycles. The van der Waals surface area contributed by atoms with Crippen LogP contribution in [-0.4, -0.2) is 23.1 Å². The standard InChI is InChI=1S/C37H21N3O4/c1-20-14-16-21(17-15-20)40-32(30-28(18-38)34(41)24-10-4-6-12-26(24)36(30)43)22-8-2-3-9-23(22)33(40)31-29(19-39)35(42)25-11-5-7-13-27(25)37(31)44/h2-17,32-33H,1H3. The van der Waals surface area contributed by atoms with Gasteiger partial charge in [0.05, 0.1) is 12.1 Å². The summed E-state index contributed by atoms with van der Waals surface area (Å²) in [6.45, 7) is 1.92. The molecule has 208 valence electrons. The zero-order chi connectivity index (χ0) is 30.7. The monoisotopic (exact) mass is 571 g/mol. The van der Waals surface area contributed by atoms with E-state index in [1.54, 1.807) is 65.6 Å². The highest BCUT2D eigenvalue weighted by molar-refractivity contribution is 6.30. The number of nitrogens with zero attached hydrogens (tertiary/aromatic N) is 3. The molecule has 1 heterocycles. The largest absolute Gasteiger partial charge is 0.349 e. The number of aryl methyl sites for hydroxylation is 1. The van der Waals surface area contributed by atoms with Gasteiger partial charge in [0.15, 0.2) is 11.6 Å². The Bertz CT molecular complexity index is 2010. The molecule has 0 fully saturated rings. The molecule has 0 saturated carbocycles. The molecule has 0 amide bonds.